The number of fused-ring (bicyclic) bond motifs is 1. The molecule has 0 amide bonds. The van der Waals surface area contributed by atoms with E-state index in [2.05, 4.69) is 26.7 Å². The highest BCUT2D eigenvalue weighted by Gasteiger charge is 2.16. The van der Waals surface area contributed by atoms with Crippen LogP contribution in [-0.4, -0.2) is 13.2 Å². The van der Waals surface area contributed by atoms with Crippen molar-refractivity contribution in [3.63, 3.8) is 0 Å². The highest BCUT2D eigenvalue weighted by molar-refractivity contribution is 9.09. The van der Waals surface area contributed by atoms with E-state index in [9.17, 15) is 8.78 Å². The Balaban J connectivity index is 1.79. The Morgan fingerprint density at radius 1 is 1.05 bits per heavy atom. The van der Waals surface area contributed by atoms with Crippen LogP contribution in [0, 0.1) is 0 Å². The molecule has 2 aromatic carbocycles. The topological polar surface area (TPSA) is 18.5 Å². The molecule has 0 saturated carbocycles. The molecule has 5 heteroatoms. The van der Waals surface area contributed by atoms with Gasteiger partial charge in [0.25, 0.3) is 0 Å². The lowest BCUT2D eigenvalue weighted by molar-refractivity contribution is -0.0498. The van der Waals surface area contributed by atoms with Gasteiger partial charge in [0.1, 0.15) is 11.5 Å². The van der Waals surface area contributed by atoms with Gasteiger partial charge in [0.05, 0.1) is 11.4 Å². The Hall–Kier alpha value is -1.62. The lowest BCUT2D eigenvalue weighted by Gasteiger charge is -2.13. The van der Waals surface area contributed by atoms with E-state index < -0.39 is 6.61 Å². The molecule has 1 aliphatic heterocycles. The quantitative estimate of drug-likeness (QED) is 0.740. The van der Waals surface area contributed by atoms with Crippen molar-refractivity contribution in [1.82, 2.24) is 0 Å². The largest absolute Gasteiger partial charge is 0.493 e. The molecule has 1 unspecified atom stereocenters. The third-order valence-corrected chi connectivity index (χ3v) is 4.46. The molecular formula is C16H13BrF2O2. The summed E-state index contributed by atoms with van der Waals surface area (Å²) in [4.78, 5) is 0.00370. The van der Waals surface area contributed by atoms with Crippen LogP contribution >= 0.6 is 15.9 Å². The lowest BCUT2D eigenvalue weighted by Crippen LogP contribution is -2.02. The van der Waals surface area contributed by atoms with Gasteiger partial charge in [-0.15, -0.1) is 0 Å². The molecule has 1 aliphatic rings. The Labute approximate surface area is 129 Å². The summed E-state index contributed by atoms with van der Waals surface area (Å²) in [6.45, 7) is -2.07. The predicted octanol–water partition coefficient (Wildman–Crippen LogP) is 4.71. The van der Waals surface area contributed by atoms with E-state index in [0.29, 0.717) is 0 Å². The monoisotopic (exact) mass is 354 g/mol. The average molecular weight is 355 g/mol. The van der Waals surface area contributed by atoms with Gasteiger partial charge in [-0.3, -0.25) is 0 Å². The minimum atomic E-state index is -2.80. The zero-order valence-corrected chi connectivity index (χ0v) is 12.6. The Kier molecular flexibility index (Phi) is 4.10. The summed E-state index contributed by atoms with van der Waals surface area (Å²) in [6.07, 6.45) is 0.921. The fourth-order valence-electron chi connectivity index (χ4n) is 2.37. The Morgan fingerprint density at radius 2 is 1.76 bits per heavy atom. The highest BCUT2D eigenvalue weighted by atomic mass is 79.9. The smallest absolute Gasteiger partial charge is 0.387 e. The molecule has 1 atom stereocenters. The van der Waals surface area contributed by atoms with Gasteiger partial charge in [-0.2, -0.15) is 8.78 Å². The highest BCUT2D eigenvalue weighted by Crippen LogP contribution is 2.35. The summed E-state index contributed by atoms with van der Waals surface area (Å²) >= 11 is 3.65. The SMILES string of the molecule is FC(F)Oc1ccc(C(Br)c2ccc3c(c2)CCO3)cc1. The number of alkyl halides is 3. The maximum atomic E-state index is 12.1. The summed E-state index contributed by atoms with van der Waals surface area (Å²) in [7, 11) is 0. The van der Waals surface area contributed by atoms with Crippen molar-refractivity contribution < 1.29 is 18.3 Å². The first-order valence-corrected chi connectivity index (χ1v) is 7.49. The van der Waals surface area contributed by atoms with Gasteiger partial charge >= 0.3 is 6.61 Å². The number of rotatable bonds is 4. The molecule has 0 bridgehead atoms. The van der Waals surface area contributed by atoms with Crippen LogP contribution in [0.5, 0.6) is 11.5 Å². The van der Waals surface area contributed by atoms with Gasteiger partial charge in [0.15, 0.2) is 0 Å². The first kappa shape index (κ1) is 14.3. The Morgan fingerprint density at radius 3 is 2.48 bits per heavy atom. The van der Waals surface area contributed by atoms with Crippen molar-refractivity contribution in [2.75, 3.05) is 6.61 Å². The average Bonchev–Trinajstić information content (AvgIpc) is 2.94. The normalized spacial score (nSPS) is 14.7. The molecule has 1 heterocycles. The van der Waals surface area contributed by atoms with E-state index in [-0.39, 0.29) is 10.6 Å². The van der Waals surface area contributed by atoms with Crippen molar-refractivity contribution in [3.8, 4) is 11.5 Å². The van der Waals surface area contributed by atoms with Crippen molar-refractivity contribution in [2.24, 2.45) is 0 Å². The standard InChI is InChI=1S/C16H13BrF2O2/c17-15(10-1-4-13(5-2-10)21-16(18)19)12-3-6-14-11(9-12)7-8-20-14/h1-6,9,15-16H,7-8H2. The minimum Gasteiger partial charge on any atom is -0.493 e. The second-order valence-electron chi connectivity index (χ2n) is 4.78. The van der Waals surface area contributed by atoms with Gasteiger partial charge in [0, 0.05) is 6.42 Å². The second-order valence-corrected chi connectivity index (χ2v) is 5.69. The van der Waals surface area contributed by atoms with Crippen LogP contribution in [0.1, 0.15) is 21.5 Å². The van der Waals surface area contributed by atoms with E-state index in [1.807, 2.05) is 12.1 Å². The van der Waals surface area contributed by atoms with E-state index in [1.54, 1.807) is 24.3 Å². The summed E-state index contributed by atoms with van der Waals surface area (Å²) in [5.41, 5.74) is 3.30. The number of ether oxygens (including phenoxy) is 2. The second kappa shape index (κ2) is 6.02. The zero-order valence-electron chi connectivity index (χ0n) is 11.1. The number of halogens is 3. The van der Waals surface area contributed by atoms with E-state index in [4.69, 9.17) is 4.74 Å². The summed E-state index contributed by atoms with van der Waals surface area (Å²) in [5, 5.41) is 0. The summed E-state index contributed by atoms with van der Waals surface area (Å²) in [5.74, 6) is 1.11. The third-order valence-electron chi connectivity index (χ3n) is 3.40. The van der Waals surface area contributed by atoms with Crippen molar-refractivity contribution in [2.45, 2.75) is 17.9 Å². The Bertz CT molecular complexity index is 629. The number of benzene rings is 2. The zero-order chi connectivity index (χ0) is 14.8. The number of hydrogen-bond acceptors (Lipinski definition) is 2. The fourth-order valence-corrected chi connectivity index (χ4v) is 2.96. The van der Waals surface area contributed by atoms with Crippen LogP contribution in [0.3, 0.4) is 0 Å². The van der Waals surface area contributed by atoms with Crippen molar-refractivity contribution in [1.29, 1.82) is 0 Å². The van der Waals surface area contributed by atoms with Gasteiger partial charge in [-0.05, 0) is 34.9 Å². The molecule has 110 valence electrons. The molecule has 0 spiro atoms. The first-order valence-electron chi connectivity index (χ1n) is 6.58. The molecular weight excluding hydrogens is 342 g/mol. The van der Waals surface area contributed by atoms with Crippen molar-refractivity contribution in [3.05, 3.63) is 59.2 Å². The molecule has 0 aromatic heterocycles. The molecule has 0 fully saturated rings. The maximum absolute atomic E-state index is 12.1. The third kappa shape index (κ3) is 3.18. The van der Waals surface area contributed by atoms with E-state index >= 15 is 0 Å². The lowest BCUT2D eigenvalue weighted by atomic mass is 10.0. The van der Waals surface area contributed by atoms with Gasteiger partial charge < -0.3 is 9.47 Å². The molecule has 0 N–H and O–H groups in total. The van der Waals surface area contributed by atoms with Crippen LogP contribution in [0.4, 0.5) is 8.78 Å². The first-order chi connectivity index (χ1) is 10.1. The summed E-state index contributed by atoms with van der Waals surface area (Å²) < 4.78 is 34.1. The van der Waals surface area contributed by atoms with E-state index in [1.165, 1.54) is 5.56 Å². The maximum Gasteiger partial charge on any atom is 0.387 e. The molecule has 3 rings (SSSR count). The molecule has 2 aromatic rings. The van der Waals surface area contributed by atoms with Crippen LogP contribution in [-0.2, 0) is 6.42 Å². The van der Waals surface area contributed by atoms with Gasteiger partial charge in [0.2, 0.25) is 0 Å². The van der Waals surface area contributed by atoms with Crippen LogP contribution in [0.15, 0.2) is 42.5 Å². The summed E-state index contributed by atoms with van der Waals surface area (Å²) in [6, 6.07) is 12.7. The molecule has 2 nitrogen and oxygen atoms in total. The van der Waals surface area contributed by atoms with Crippen molar-refractivity contribution >= 4 is 15.9 Å². The predicted molar refractivity (Wildman–Crippen MR) is 79.5 cm³/mol. The van der Waals surface area contributed by atoms with Gasteiger partial charge in [-0.25, -0.2) is 0 Å². The molecule has 0 saturated heterocycles. The minimum absolute atomic E-state index is 0.00370. The van der Waals surface area contributed by atoms with Crippen LogP contribution in [0.25, 0.3) is 0 Å². The van der Waals surface area contributed by atoms with Crippen LogP contribution in [0.2, 0.25) is 0 Å². The molecule has 21 heavy (non-hydrogen) atoms. The molecule has 0 aliphatic carbocycles. The van der Waals surface area contributed by atoms with Gasteiger partial charge in [-0.1, -0.05) is 40.2 Å². The molecule has 0 radical (unpaired) electrons. The fraction of sp³-hybridized carbons (Fsp3) is 0.250. The number of hydrogen-bond donors (Lipinski definition) is 0. The van der Waals surface area contributed by atoms with E-state index in [0.717, 1.165) is 29.9 Å². The van der Waals surface area contributed by atoms with Crippen LogP contribution < -0.4 is 9.47 Å².